The molecule has 0 unspecified atom stereocenters. The number of nitrogens with one attached hydrogen (secondary N) is 3. The Hall–Kier alpha value is -14.5. The van der Waals surface area contributed by atoms with E-state index in [1.807, 2.05) is 138 Å². The maximum absolute atomic E-state index is 13.6. The van der Waals surface area contributed by atoms with Gasteiger partial charge in [-0.05, 0) is 232 Å². The maximum atomic E-state index is 13.6. The molecule has 0 spiro atoms. The number of allylic oxidation sites excluding steroid dienone is 1. The standard InChI is InChI=1S/C23H28ClN7OS.C23H27FN4O3.C20H12F3NO4S.C20H20N4O2S.C20H19N3OS/c1-4-8-30-9-11-31(12-10-30)20-13-19(26-16(3)27-20)28-23-25-14-18(33-23)22(32)29-21-15(2)6-5-7-17(21)24;1-16-12-17(4-5-19(16)24)27-23-18-13-22(21(29-2)14-20(18)25-15-26-23)31-9-3-6-28-7-10-30-11-8-28;1-24-12-4-6-15(13(9-12)20(21,22)23)28-16-5-3-11(7-17(16)27-2)8-18-14(25)10-19(26)29-18;1-10-5-7-14(8-6-10)18-17-11(2)12(3)27-20(17)24-13(4)22-23-19(24)15(21-18)9-16(25)26;1-13-6-8-15(9-7-13)23-19(25)22(18(24)20(23,3)4)16-10-11-17(21-5)14(2)12-16/h5-7,13-14H,4,8-12H2,1-3H3,(H,29,32)(H,25,26,27,28);4-5,12-15H,3,6-11H2,1-2H3,(H,25,26,27);3-9H,10H2,2H3;5-8,15H,9H2,1-4H3,(H,25,26);6-12H,1-4H3/b;;18-8-;;/t;;;15-;/m...0./s1. The Morgan fingerprint density at radius 1 is 0.724 bits per heavy atom. The first-order valence-electron chi connectivity index (χ1n) is 46.4. The Kier molecular flexibility index (Phi) is 34.7. The van der Waals surface area contributed by atoms with E-state index in [1.54, 1.807) is 66.8 Å². The largest absolute Gasteiger partial charge is 0.493 e. The van der Waals surface area contributed by atoms with E-state index >= 15 is 0 Å². The molecule has 750 valence electrons. The predicted octanol–water partition coefficient (Wildman–Crippen LogP) is 23.0. The van der Waals surface area contributed by atoms with Crippen LogP contribution in [-0.2, 0) is 30.1 Å². The fourth-order valence-electron chi connectivity index (χ4n) is 16.4. The highest BCUT2D eigenvalue weighted by atomic mass is 35.5. The van der Waals surface area contributed by atoms with Crippen LogP contribution >= 0.6 is 58.3 Å². The van der Waals surface area contributed by atoms with Gasteiger partial charge in [0, 0.05) is 96.4 Å². The number of methoxy groups -OCH3 is 2. The lowest BCUT2D eigenvalue weighted by molar-refractivity contribution is -0.139. The average molecular weight is 2060 g/mol. The van der Waals surface area contributed by atoms with Gasteiger partial charge in [-0.25, -0.2) is 39.0 Å². The number of halogens is 5. The quantitative estimate of drug-likeness (QED) is 0.0109. The summed E-state index contributed by atoms with van der Waals surface area (Å²) in [6.07, 6.45) is 1.64. The Labute approximate surface area is 859 Å². The summed E-state index contributed by atoms with van der Waals surface area (Å²) in [5.74, 6) is 3.42. The third-order valence-corrected chi connectivity index (χ3v) is 27.9. The number of piperazine rings is 1. The molecule has 0 saturated carbocycles. The van der Waals surface area contributed by atoms with E-state index in [-0.39, 0.29) is 58.6 Å². The molecule has 5 aromatic heterocycles. The van der Waals surface area contributed by atoms with Crippen LogP contribution in [0.5, 0.6) is 28.7 Å². The van der Waals surface area contributed by atoms with Crippen LogP contribution in [0.2, 0.25) is 5.02 Å². The molecular weight excluding hydrogens is 1960 g/mol. The van der Waals surface area contributed by atoms with Gasteiger partial charge in [-0.3, -0.25) is 48.2 Å². The number of amides is 2. The number of thiocarbonyl (C=S) groups is 1. The minimum absolute atomic E-state index is 0.0252. The van der Waals surface area contributed by atoms with E-state index in [9.17, 15) is 46.6 Å². The number of ketones is 1. The third kappa shape index (κ3) is 25.8. The molecular formula is C106H106ClF4N19O11S4. The second-order valence-electron chi connectivity index (χ2n) is 35.0. The number of aryl methyl sites for hydroxylation is 8. The summed E-state index contributed by atoms with van der Waals surface area (Å²) in [5, 5.41) is 30.4. The molecule has 4 N–H and O–H groups in total. The van der Waals surface area contributed by atoms with Crippen LogP contribution in [0.25, 0.3) is 31.7 Å². The number of hydrogen-bond donors (Lipinski definition) is 4. The highest BCUT2D eigenvalue weighted by Gasteiger charge is 2.50. The van der Waals surface area contributed by atoms with Crippen LogP contribution in [0, 0.1) is 81.3 Å². The zero-order valence-corrected chi connectivity index (χ0v) is 86.2. The molecule has 1 atom stereocenters. The molecule has 39 heteroatoms. The number of hydrogen-bond acceptors (Lipinski definition) is 27. The van der Waals surface area contributed by atoms with E-state index < -0.39 is 35.0 Å². The summed E-state index contributed by atoms with van der Waals surface area (Å²) >= 11 is 15.7. The van der Waals surface area contributed by atoms with Crippen molar-refractivity contribution < 1.29 is 70.3 Å². The number of aromatic nitrogens is 8. The van der Waals surface area contributed by atoms with Crippen LogP contribution in [-0.4, -0.2) is 186 Å². The Balaban J connectivity index is 0.000000144. The molecule has 0 radical (unpaired) electrons. The number of ether oxygens (including phenoxy) is 5. The topological polar surface area (TPSA) is 320 Å². The molecule has 145 heavy (non-hydrogen) atoms. The number of alkyl halides is 3. The number of anilines is 8. The highest BCUT2D eigenvalue weighted by molar-refractivity contribution is 8.18. The first-order valence-corrected chi connectivity index (χ1v) is 49.6. The number of thioether (sulfide) groups is 1. The zero-order valence-electron chi connectivity index (χ0n) is 82.1. The molecule has 4 saturated heterocycles. The van der Waals surface area contributed by atoms with Crippen molar-refractivity contribution in [2.24, 2.45) is 4.99 Å². The molecule has 13 aromatic rings. The number of thiophene rings is 1. The second-order valence-corrected chi connectivity index (χ2v) is 39.1. The lowest BCUT2D eigenvalue weighted by Gasteiger charge is -2.35. The van der Waals surface area contributed by atoms with Crippen molar-refractivity contribution in [1.29, 1.82) is 0 Å². The fourth-order valence-corrected chi connectivity index (χ4v) is 20.0. The SMILES string of the molecule is CCCN1CCN(c2cc(Nc3ncc(C(=O)Nc4c(C)cccc4Cl)s3)nc(C)n2)CC1.COc1cc2ncnc(Nc3ccc(F)c(C)c3)c2cc1OCCCN1CCOCC1.Cc1ccc(C2=N[C@@H](CC(=O)O)c3nnc(C)n3-c3sc(C)c(C)c32)cc1.[C-]#[N+]c1ccc(N2C(=O)C(C)(C)N(c3ccc(C)cc3)C2=S)cc1C.[C-]#[N+]c1ccc(Oc2ccc(/C=C3\SC(=O)CC3=O)cc2OC)c(C(F)(F)F)c1. The average Bonchev–Trinajstić information content (AvgIpc) is 1.59. The van der Waals surface area contributed by atoms with Crippen LogP contribution in [0.4, 0.5) is 74.3 Å². The molecule has 18 rings (SSSR count). The summed E-state index contributed by atoms with van der Waals surface area (Å²) in [6, 6.07) is 44.4. The number of rotatable bonds is 24. The van der Waals surface area contributed by atoms with Gasteiger partial charge < -0.3 is 54.5 Å². The number of aliphatic imine (C=N–C) groups is 1. The molecule has 2 amide bonds. The Morgan fingerprint density at radius 2 is 1.43 bits per heavy atom. The smallest absolute Gasteiger partial charge is 0.418 e. The predicted molar refractivity (Wildman–Crippen MR) is 565 cm³/mol. The number of carbonyl (C=O) groups excluding carboxylic acids is 4. The first kappa shape index (κ1) is 106. The van der Waals surface area contributed by atoms with E-state index in [1.165, 1.54) is 78.0 Å². The summed E-state index contributed by atoms with van der Waals surface area (Å²) in [7, 11) is 2.94. The van der Waals surface area contributed by atoms with Crippen molar-refractivity contribution in [1.82, 2.24) is 49.5 Å². The van der Waals surface area contributed by atoms with Crippen molar-refractivity contribution in [2.45, 2.75) is 127 Å². The summed E-state index contributed by atoms with van der Waals surface area (Å²) in [5.41, 5.74) is 11.4. The van der Waals surface area contributed by atoms with Crippen LogP contribution in [0.1, 0.15) is 140 Å². The number of benzene rings is 8. The monoisotopic (exact) mass is 2060 g/mol. The van der Waals surface area contributed by atoms with Gasteiger partial charge in [0.15, 0.2) is 56.2 Å². The van der Waals surface area contributed by atoms with E-state index in [2.05, 4.69) is 108 Å². The van der Waals surface area contributed by atoms with Crippen molar-refractivity contribution in [3.63, 3.8) is 0 Å². The van der Waals surface area contributed by atoms with Crippen molar-refractivity contribution in [2.75, 3.05) is 117 Å². The lowest BCUT2D eigenvalue weighted by atomic mass is 9.99. The molecule has 0 aliphatic carbocycles. The number of fused-ring (bicyclic) bond motifs is 4. The Morgan fingerprint density at radius 3 is 2.09 bits per heavy atom. The minimum Gasteiger partial charge on any atom is -0.493 e. The van der Waals surface area contributed by atoms with Crippen molar-refractivity contribution >= 4 is 171 Å². The number of nitrogens with zero attached hydrogens (tertiary/aromatic N) is 16. The number of Topliss-reactive ketones (excluding diaryl/α,β-unsaturated/α-hetero) is 1. The van der Waals surface area contributed by atoms with E-state index in [0.29, 0.717) is 101 Å². The number of para-hydroxylation sites is 1. The van der Waals surface area contributed by atoms with Gasteiger partial charge in [0.05, 0.1) is 98.6 Å². The van der Waals surface area contributed by atoms with Crippen LogP contribution in [0.15, 0.2) is 180 Å². The van der Waals surface area contributed by atoms with Gasteiger partial charge >= 0.3 is 12.1 Å². The van der Waals surface area contributed by atoms with Crippen LogP contribution in [0.3, 0.4) is 0 Å². The molecule has 5 aliphatic heterocycles. The number of thiazole rings is 1. The lowest BCUT2D eigenvalue weighted by Crippen LogP contribution is -2.46. The molecule has 4 fully saturated rings. The highest BCUT2D eigenvalue weighted by Crippen LogP contribution is 2.46. The van der Waals surface area contributed by atoms with Gasteiger partial charge in [-0.15, -0.1) is 21.5 Å². The molecule has 10 heterocycles. The van der Waals surface area contributed by atoms with Gasteiger partial charge in [0.2, 0.25) is 5.12 Å². The molecule has 8 aromatic carbocycles. The number of aliphatic carboxylic acids is 1. The van der Waals surface area contributed by atoms with Gasteiger partial charge in [-0.2, -0.15) is 13.2 Å². The van der Waals surface area contributed by atoms with E-state index in [4.69, 9.17) is 65.6 Å². The van der Waals surface area contributed by atoms with Crippen molar-refractivity contribution in [3.8, 4) is 33.7 Å². The van der Waals surface area contributed by atoms with Gasteiger partial charge in [0.1, 0.15) is 68.5 Å². The number of morpholine rings is 1. The van der Waals surface area contributed by atoms with E-state index in [0.717, 1.165) is 168 Å². The normalized spacial score (nSPS) is 15.2. The van der Waals surface area contributed by atoms with Crippen molar-refractivity contribution in [3.05, 3.63) is 292 Å². The zero-order chi connectivity index (χ0) is 104. The number of carboxylic acid groups (broad SMARTS) is 1. The summed E-state index contributed by atoms with van der Waals surface area (Å²) in [6.45, 7) is 47.7. The molecule has 0 bridgehead atoms. The third-order valence-electron chi connectivity index (χ3n) is 24.2. The van der Waals surface area contributed by atoms with Gasteiger partial charge in [0.25, 0.3) is 11.8 Å². The molecule has 5 aliphatic rings. The minimum atomic E-state index is -4.71. The maximum Gasteiger partial charge on any atom is 0.418 e. The number of carboxylic acids is 1. The number of carbonyl (C=O) groups is 5. The fraction of sp³-hybridized carbons (Fsp3) is 0.302. The first-order chi connectivity index (χ1) is 69.4. The summed E-state index contributed by atoms with van der Waals surface area (Å²) < 4.78 is 83.1. The second kappa shape index (κ2) is 47.4. The molecule has 30 nitrogen and oxygen atoms in total. The van der Waals surface area contributed by atoms with Gasteiger partial charge in [-0.1, -0.05) is 108 Å². The Bertz CT molecular complexity index is 7170. The van der Waals surface area contributed by atoms with Crippen LogP contribution < -0.4 is 49.6 Å². The summed E-state index contributed by atoms with van der Waals surface area (Å²) in [4.78, 5) is 107.